The van der Waals surface area contributed by atoms with Gasteiger partial charge in [0.25, 0.3) is 0 Å². The van der Waals surface area contributed by atoms with Crippen LogP contribution in [0.3, 0.4) is 0 Å². The fourth-order valence-electron chi connectivity index (χ4n) is 10.2. The van der Waals surface area contributed by atoms with Crippen LogP contribution in [0.4, 0.5) is 34.1 Å². The number of anilines is 6. The van der Waals surface area contributed by atoms with Crippen LogP contribution in [0.15, 0.2) is 241 Å². The molecule has 9 aromatic carbocycles. The van der Waals surface area contributed by atoms with E-state index in [1.54, 1.807) is 0 Å². The Kier molecular flexibility index (Phi) is 9.83. The minimum Gasteiger partial charge on any atom is -0.416 e. The number of hydrogen-bond donors (Lipinski definition) is 0. The molecule has 0 unspecified atom stereocenters. The standard InChI is InChI=1S/C62H44N6O/c1-5-17-45(18-6-1)65(46-19-7-2-8-20-46)51-37-39-59-55(41-51)53-25-13-15-27-57(53)67(59)49-33-29-43(30-34-49)61-63-64-62(69-61)44-31-35-50(36-32-44)68-58-28-16-14-26-54(58)56-42-52(38-40-60(56)68)66(47-21-9-3-10-22-47)48-23-11-4-12-24-48/h1-13,15-25,27-42H,14,26H2. The van der Waals surface area contributed by atoms with Crippen molar-refractivity contribution in [2.24, 2.45) is 0 Å². The van der Waals surface area contributed by atoms with Crippen molar-refractivity contribution in [3.05, 3.63) is 248 Å². The van der Waals surface area contributed by atoms with Gasteiger partial charge in [0.15, 0.2) is 0 Å². The predicted molar refractivity (Wildman–Crippen MR) is 283 cm³/mol. The monoisotopic (exact) mass is 888 g/mol. The van der Waals surface area contributed by atoms with Gasteiger partial charge >= 0.3 is 0 Å². The molecule has 69 heavy (non-hydrogen) atoms. The smallest absolute Gasteiger partial charge is 0.248 e. The highest BCUT2D eigenvalue weighted by atomic mass is 16.4. The van der Waals surface area contributed by atoms with Crippen LogP contribution in [0.25, 0.3) is 73.1 Å². The molecule has 0 N–H and O–H groups in total. The van der Waals surface area contributed by atoms with Gasteiger partial charge in [-0.15, -0.1) is 10.2 Å². The van der Waals surface area contributed by atoms with E-state index in [-0.39, 0.29) is 0 Å². The minimum atomic E-state index is 0.473. The zero-order valence-corrected chi connectivity index (χ0v) is 37.6. The van der Waals surface area contributed by atoms with E-state index in [9.17, 15) is 0 Å². The lowest BCUT2D eigenvalue weighted by Gasteiger charge is -2.25. The number of nitrogens with zero attached hydrogens (tertiary/aromatic N) is 6. The number of aryl methyl sites for hydroxylation is 1. The van der Waals surface area contributed by atoms with E-state index < -0.39 is 0 Å². The molecule has 0 bridgehead atoms. The van der Waals surface area contributed by atoms with Crippen LogP contribution < -0.4 is 9.80 Å². The molecule has 0 aliphatic heterocycles. The molecule has 1 aliphatic carbocycles. The van der Waals surface area contributed by atoms with Crippen molar-refractivity contribution in [2.45, 2.75) is 12.8 Å². The summed E-state index contributed by atoms with van der Waals surface area (Å²) in [5.41, 5.74) is 16.6. The maximum absolute atomic E-state index is 6.38. The summed E-state index contributed by atoms with van der Waals surface area (Å²) in [6, 6.07) is 81.3. The number of para-hydroxylation sites is 5. The Balaban J connectivity index is 0.799. The maximum Gasteiger partial charge on any atom is 0.248 e. The molecule has 12 aromatic rings. The van der Waals surface area contributed by atoms with Gasteiger partial charge in [-0.05, 0) is 164 Å². The van der Waals surface area contributed by atoms with Crippen molar-refractivity contribution in [1.29, 1.82) is 0 Å². The van der Waals surface area contributed by atoms with E-state index in [4.69, 9.17) is 4.42 Å². The quantitative estimate of drug-likeness (QED) is 0.137. The summed E-state index contributed by atoms with van der Waals surface area (Å²) in [5, 5.41) is 12.7. The Morgan fingerprint density at radius 2 is 0.812 bits per heavy atom. The van der Waals surface area contributed by atoms with Gasteiger partial charge in [0, 0.05) is 78.5 Å². The molecule has 13 rings (SSSR count). The molecule has 328 valence electrons. The molecule has 0 spiro atoms. The van der Waals surface area contributed by atoms with E-state index in [0.29, 0.717) is 11.8 Å². The third kappa shape index (κ3) is 7.07. The highest BCUT2D eigenvalue weighted by Gasteiger charge is 2.22. The minimum absolute atomic E-state index is 0.473. The summed E-state index contributed by atoms with van der Waals surface area (Å²) in [4.78, 5) is 4.64. The predicted octanol–water partition coefficient (Wildman–Crippen LogP) is 16.3. The largest absolute Gasteiger partial charge is 0.416 e. The Bertz CT molecular complexity index is 3740. The molecule has 1 aliphatic rings. The van der Waals surface area contributed by atoms with Gasteiger partial charge in [-0.25, -0.2) is 0 Å². The summed E-state index contributed by atoms with van der Waals surface area (Å²) in [6.45, 7) is 0. The topological polar surface area (TPSA) is 55.3 Å². The number of allylic oxidation sites excluding steroid dienone is 1. The van der Waals surface area contributed by atoms with Crippen LogP contribution in [0.2, 0.25) is 0 Å². The number of aromatic nitrogens is 4. The van der Waals surface area contributed by atoms with E-state index in [1.165, 1.54) is 32.9 Å². The van der Waals surface area contributed by atoms with Crippen molar-refractivity contribution in [3.63, 3.8) is 0 Å². The first kappa shape index (κ1) is 40.1. The first-order valence-electron chi connectivity index (χ1n) is 23.5. The van der Waals surface area contributed by atoms with Crippen molar-refractivity contribution in [2.75, 3.05) is 9.80 Å². The molecule has 7 nitrogen and oxygen atoms in total. The summed E-state index contributed by atoms with van der Waals surface area (Å²) >= 11 is 0. The summed E-state index contributed by atoms with van der Waals surface area (Å²) in [6.07, 6.45) is 6.56. The van der Waals surface area contributed by atoms with Crippen molar-refractivity contribution >= 4 is 72.9 Å². The Labute approximate surface area is 399 Å². The van der Waals surface area contributed by atoms with E-state index in [2.05, 4.69) is 272 Å². The Morgan fingerprint density at radius 1 is 0.377 bits per heavy atom. The molecule has 0 saturated heterocycles. The lowest BCUT2D eigenvalue weighted by Crippen LogP contribution is -2.09. The lowest BCUT2D eigenvalue weighted by atomic mass is 10.0. The fraction of sp³-hybridized carbons (Fsp3) is 0.0323. The number of hydrogen-bond acceptors (Lipinski definition) is 5. The van der Waals surface area contributed by atoms with Crippen LogP contribution in [-0.4, -0.2) is 19.3 Å². The lowest BCUT2D eigenvalue weighted by molar-refractivity contribution is 0.584. The first-order chi connectivity index (χ1) is 34.2. The van der Waals surface area contributed by atoms with Gasteiger partial charge in [0.2, 0.25) is 11.8 Å². The third-order valence-electron chi connectivity index (χ3n) is 13.3. The van der Waals surface area contributed by atoms with E-state index in [0.717, 1.165) is 80.5 Å². The van der Waals surface area contributed by atoms with Gasteiger partial charge in [0.05, 0.1) is 16.6 Å². The van der Waals surface area contributed by atoms with Crippen LogP contribution in [0.5, 0.6) is 0 Å². The van der Waals surface area contributed by atoms with Crippen molar-refractivity contribution in [1.82, 2.24) is 19.3 Å². The van der Waals surface area contributed by atoms with Crippen LogP contribution in [0.1, 0.15) is 17.7 Å². The van der Waals surface area contributed by atoms with Gasteiger partial charge in [-0.1, -0.05) is 97.1 Å². The highest BCUT2D eigenvalue weighted by Crippen LogP contribution is 2.42. The number of rotatable bonds is 10. The molecule has 7 heteroatoms. The second-order valence-corrected chi connectivity index (χ2v) is 17.4. The average molecular weight is 889 g/mol. The molecular weight excluding hydrogens is 845 g/mol. The van der Waals surface area contributed by atoms with Crippen LogP contribution >= 0.6 is 0 Å². The SMILES string of the molecule is C1=Cc2c(c3cc(N(c4ccccc4)c4ccccc4)ccc3n2-c2ccc(-c3nnc(-c4ccc(-n5c6ccccc6c6cc(N(c7ccccc7)c7ccccc7)ccc65)cc4)o3)cc2)CC1. The zero-order valence-electron chi connectivity index (χ0n) is 37.6. The highest BCUT2D eigenvalue weighted by molar-refractivity contribution is 6.10. The van der Waals surface area contributed by atoms with E-state index >= 15 is 0 Å². The molecule has 0 atom stereocenters. The maximum atomic E-state index is 6.38. The second kappa shape index (κ2) is 16.9. The first-order valence-corrected chi connectivity index (χ1v) is 23.5. The van der Waals surface area contributed by atoms with Crippen LogP contribution in [-0.2, 0) is 6.42 Å². The normalized spacial score (nSPS) is 12.2. The molecule has 0 fully saturated rings. The second-order valence-electron chi connectivity index (χ2n) is 17.4. The van der Waals surface area contributed by atoms with Gasteiger partial charge in [-0.3, -0.25) is 0 Å². The average Bonchev–Trinajstić information content (AvgIpc) is 4.14. The molecular formula is C62H44N6O. The Morgan fingerprint density at radius 3 is 1.33 bits per heavy atom. The summed E-state index contributed by atoms with van der Waals surface area (Å²) < 4.78 is 11.1. The molecule has 3 heterocycles. The zero-order chi connectivity index (χ0) is 45.7. The van der Waals surface area contributed by atoms with Gasteiger partial charge in [-0.2, -0.15) is 0 Å². The number of fused-ring (bicyclic) bond motifs is 6. The van der Waals surface area contributed by atoms with Gasteiger partial charge < -0.3 is 23.4 Å². The summed E-state index contributed by atoms with van der Waals surface area (Å²) in [7, 11) is 0. The third-order valence-corrected chi connectivity index (χ3v) is 13.3. The Hall–Kier alpha value is -9.20. The van der Waals surface area contributed by atoms with E-state index in [1.807, 2.05) is 0 Å². The number of benzene rings is 9. The van der Waals surface area contributed by atoms with Crippen LogP contribution in [0, 0.1) is 0 Å². The fourth-order valence-corrected chi connectivity index (χ4v) is 10.2. The van der Waals surface area contributed by atoms with Crippen molar-refractivity contribution in [3.8, 4) is 34.3 Å². The molecule has 0 saturated carbocycles. The van der Waals surface area contributed by atoms with Crippen molar-refractivity contribution < 1.29 is 4.42 Å². The summed E-state index contributed by atoms with van der Waals surface area (Å²) in [5.74, 6) is 0.950. The molecule has 0 amide bonds. The molecule has 3 aromatic heterocycles. The van der Waals surface area contributed by atoms with Gasteiger partial charge in [0.1, 0.15) is 0 Å². The molecule has 0 radical (unpaired) electrons.